The number of pyridine rings is 1. The Morgan fingerprint density at radius 2 is 1.88 bits per heavy atom. The van der Waals surface area contributed by atoms with Gasteiger partial charge in [-0.05, 0) is 36.8 Å². The molecule has 138 valence electrons. The van der Waals surface area contributed by atoms with Gasteiger partial charge in [-0.15, -0.1) is 0 Å². The minimum absolute atomic E-state index is 0.0462. The van der Waals surface area contributed by atoms with E-state index in [0.717, 1.165) is 17.0 Å². The van der Waals surface area contributed by atoms with Gasteiger partial charge in [0.05, 0.1) is 13.7 Å². The molecular weight excluding hydrogens is 328 g/mol. The third-order valence-corrected chi connectivity index (χ3v) is 4.66. The molecule has 0 radical (unpaired) electrons. The van der Waals surface area contributed by atoms with Crippen LogP contribution in [0, 0.1) is 12.3 Å². The number of carbonyl (C=O) groups excluding carboxylic acids is 1. The van der Waals surface area contributed by atoms with Gasteiger partial charge in [-0.1, -0.05) is 32.9 Å². The van der Waals surface area contributed by atoms with Crippen LogP contribution < -0.4 is 9.47 Å². The van der Waals surface area contributed by atoms with E-state index in [9.17, 15) is 4.79 Å². The highest BCUT2D eigenvalue weighted by Crippen LogP contribution is 2.31. The van der Waals surface area contributed by atoms with Gasteiger partial charge in [0, 0.05) is 17.7 Å². The van der Waals surface area contributed by atoms with Crippen LogP contribution in [0.25, 0.3) is 0 Å². The Bertz CT molecular complexity index is 794. The smallest absolute Gasteiger partial charge is 0.259 e. The Hall–Kier alpha value is -2.56. The predicted octanol–water partition coefficient (Wildman–Crippen LogP) is 3.85. The van der Waals surface area contributed by atoms with Gasteiger partial charge >= 0.3 is 0 Å². The molecule has 1 aliphatic heterocycles. The van der Waals surface area contributed by atoms with E-state index in [1.165, 1.54) is 0 Å². The molecule has 5 heteroatoms. The van der Waals surface area contributed by atoms with Crippen molar-refractivity contribution in [3.05, 3.63) is 53.2 Å². The summed E-state index contributed by atoms with van der Waals surface area (Å²) in [7, 11) is 1.64. The molecule has 0 fully saturated rings. The van der Waals surface area contributed by atoms with E-state index in [1.54, 1.807) is 7.11 Å². The van der Waals surface area contributed by atoms with Crippen molar-refractivity contribution in [1.29, 1.82) is 0 Å². The van der Waals surface area contributed by atoms with Crippen LogP contribution in [0.1, 0.15) is 42.4 Å². The van der Waals surface area contributed by atoms with Gasteiger partial charge in [-0.25, -0.2) is 4.98 Å². The number of fused-ring (bicyclic) bond motifs is 1. The first-order valence-electron chi connectivity index (χ1n) is 8.84. The third-order valence-electron chi connectivity index (χ3n) is 4.66. The molecule has 1 atom stereocenters. The molecule has 1 unspecified atom stereocenters. The van der Waals surface area contributed by atoms with Crippen LogP contribution in [-0.4, -0.2) is 35.5 Å². The monoisotopic (exact) mass is 354 g/mol. The van der Waals surface area contributed by atoms with Crippen molar-refractivity contribution in [3.8, 4) is 11.6 Å². The highest BCUT2D eigenvalue weighted by atomic mass is 16.5. The van der Waals surface area contributed by atoms with Crippen molar-refractivity contribution in [2.45, 2.75) is 40.3 Å². The molecular formula is C21H26N2O3. The molecule has 1 aromatic carbocycles. The number of aromatic nitrogens is 1. The highest BCUT2D eigenvalue weighted by Gasteiger charge is 2.36. The largest absolute Gasteiger partial charge is 0.497 e. The normalized spacial score (nSPS) is 17.3. The molecule has 1 amide bonds. The van der Waals surface area contributed by atoms with E-state index >= 15 is 0 Å². The second-order valence-corrected chi connectivity index (χ2v) is 7.81. The summed E-state index contributed by atoms with van der Waals surface area (Å²) < 4.78 is 11.4. The fourth-order valence-electron chi connectivity index (χ4n) is 2.95. The molecule has 2 aromatic rings. The van der Waals surface area contributed by atoms with Gasteiger partial charge in [0.25, 0.3) is 5.91 Å². The lowest BCUT2D eigenvalue weighted by Gasteiger charge is -2.32. The number of hydrogen-bond donors (Lipinski definition) is 0. The minimum Gasteiger partial charge on any atom is -0.497 e. The van der Waals surface area contributed by atoms with Crippen molar-refractivity contribution < 1.29 is 14.3 Å². The Morgan fingerprint density at radius 1 is 1.19 bits per heavy atom. The van der Waals surface area contributed by atoms with Crippen molar-refractivity contribution in [1.82, 2.24) is 9.88 Å². The molecule has 5 nitrogen and oxygen atoms in total. The first-order valence-corrected chi connectivity index (χ1v) is 8.84. The Morgan fingerprint density at radius 3 is 2.50 bits per heavy atom. The number of hydrogen-bond acceptors (Lipinski definition) is 4. The maximum absolute atomic E-state index is 13.1. The molecule has 0 saturated heterocycles. The maximum Gasteiger partial charge on any atom is 0.259 e. The van der Waals surface area contributed by atoms with Gasteiger partial charge in [0.2, 0.25) is 5.88 Å². The number of aryl methyl sites for hydroxylation is 1. The van der Waals surface area contributed by atoms with E-state index in [4.69, 9.17) is 9.47 Å². The maximum atomic E-state index is 13.1. The van der Waals surface area contributed by atoms with Gasteiger partial charge in [0.1, 0.15) is 17.4 Å². The van der Waals surface area contributed by atoms with E-state index in [0.29, 0.717) is 24.5 Å². The lowest BCUT2D eigenvalue weighted by Crippen LogP contribution is -2.43. The van der Waals surface area contributed by atoms with Crippen molar-refractivity contribution in [2.24, 2.45) is 5.41 Å². The first-order chi connectivity index (χ1) is 12.3. The molecule has 26 heavy (non-hydrogen) atoms. The van der Waals surface area contributed by atoms with Crippen LogP contribution >= 0.6 is 0 Å². The Kier molecular flexibility index (Phi) is 4.90. The van der Waals surface area contributed by atoms with Crippen molar-refractivity contribution in [2.75, 3.05) is 13.7 Å². The van der Waals surface area contributed by atoms with E-state index in [2.05, 4.69) is 25.8 Å². The minimum atomic E-state index is -0.139. The summed E-state index contributed by atoms with van der Waals surface area (Å²) in [5.74, 6) is 1.19. The highest BCUT2D eigenvalue weighted by molar-refractivity contribution is 5.96. The lowest BCUT2D eigenvalue weighted by atomic mass is 9.88. The molecule has 3 rings (SSSR count). The second kappa shape index (κ2) is 6.98. The van der Waals surface area contributed by atoms with E-state index in [1.807, 2.05) is 48.2 Å². The van der Waals surface area contributed by atoms with Crippen LogP contribution in [0.3, 0.4) is 0 Å². The topological polar surface area (TPSA) is 51.7 Å². The van der Waals surface area contributed by atoms with Crippen LogP contribution in [0.5, 0.6) is 11.6 Å². The number of benzene rings is 1. The van der Waals surface area contributed by atoms with Crippen molar-refractivity contribution >= 4 is 5.91 Å². The molecule has 1 aromatic heterocycles. The zero-order chi connectivity index (χ0) is 18.9. The quantitative estimate of drug-likeness (QED) is 0.840. The molecule has 1 aliphatic rings. The average Bonchev–Trinajstić information content (AvgIpc) is 2.72. The van der Waals surface area contributed by atoms with Crippen molar-refractivity contribution in [3.63, 3.8) is 0 Å². The van der Waals surface area contributed by atoms with Crippen LogP contribution in [-0.2, 0) is 6.54 Å². The van der Waals surface area contributed by atoms with Gasteiger partial charge < -0.3 is 14.4 Å². The third kappa shape index (κ3) is 3.82. The molecule has 0 saturated carbocycles. The zero-order valence-electron chi connectivity index (χ0n) is 16.1. The fourth-order valence-corrected chi connectivity index (χ4v) is 2.95. The summed E-state index contributed by atoms with van der Waals surface area (Å²) in [6.07, 6.45) is -0.139. The Balaban J connectivity index is 1.94. The fraction of sp³-hybridized carbons (Fsp3) is 0.429. The molecule has 2 heterocycles. The van der Waals surface area contributed by atoms with E-state index < -0.39 is 0 Å². The summed E-state index contributed by atoms with van der Waals surface area (Å²) in [6, 6.07) is 11.5. The number of carbonyl (C=O) groups is 1. The summed E-state index contributed by atoms with van der Waals surface area (Å²) in [5.41, 5.74) is 2.30. The summed E-state index contributed by atoms with van der Waals surface area (Å²) in [4.78, 5) is 19.4. The zero-order valence-corrected chi connectivity index (χ0v) is 16.1. The SMILES string of the molecule is COc1ccc(CN2CC(C(C)(C)C)Oc3nc(C)ccc3C2=O)cc1. The second-order valence-electron chi connectivity index (χ2n) is 7.81. The number of amides is 1. The van der Waals surface area contributed by atoms with E-state index in [-0.39, 0.29) is 17.4 Å². The van der Waals surface area contributed by atoms with Gasteiger partial charge in [0.15, 0.2) is 0 Å². The summed E-state index contributed by atoms with van der Waals surface area (Å²) >= 11 is 0. The average molecular weight is 354 g/mol. The predicted molar refractivity (Wildman–Crippen MR) is 101 cm³/mol. The number of nitrogens with zero attached hydrogens (tertiary/aromatic N) is 2. The van der Waals surface area contributed by atoms with Crippen LogP contribution in [0.2, 0.25) is 0 Å². The number of methoxy groups -OCH3 is 1. The van der Waals surface area contributed by atoms with Gasteiger partial charge in [-0.2, -0.15) is 0 Å². The molecule has 0 spiro atoms. The van der Waals surface area contributed by atoms with Gasteiger partial charge in [-0.3, -0.25) is 4.79 Å². The molecule has 0 bridgehead atoms. The number of ether oxygens (including phenoxy) is 2. The molecule has 0 aliphatic carbocycles. The Labute approximate surface area is 155 Å². The van der Waals surface area contributed by atoms with Crippen LogP contribution in [0.15, 0.2) is 36.4 Å². The lowest BCUT2D eigenvalue weighted by molar-refractivity contribution is 0.0451. The first kappa shape index (κ1) is 18.2. The number of rotatable bonds is 3. The van der Waals surface area contributed by atoms with Crippen LogP contribution in [0.4, 0.5) is 0 Å². The standard InChI is InChI=1S/C21H26N2O3/c1-14-6-11-17-19(22-14)26-18(21(2,3)4)13-23(20(17)24)12-15-7-9-16(25-5)10-8-15/h6-11,18H,12-13H2,1-5H3. The molecule has 0 N–H and O–H groups in total. The summed E-state index contributed by atoms with van der Waals surface area (Å²) in [6.45, 7) is 9.30. The summed E-state index contributed by atoms with van der Waals surface area (Å²) in [5, 5.41) is 0.